The van der Waals surface area contributed by atoms with E-state index in [9.17, 15) is 0 Å². The fourth-order valence-electron chi connectivity index (χ4n) is 2.36. The van der Waals surface area contributed by atoms with Gasteiger partial charge < -0.3 is 20.1 Å². The molecular weight excluding hydrogens is 296 g/mol. The van der Waals surface area contributed by atoms with E-state index in [0.29, 0.717) is 0 Å². The third-order valence-corrected chi connectivity index (χ3v) is 4.01. The maximum absolute atomic E-state index is 6.03. The van der Waals surface area contributed by atoms with E-state index in [1.807, 2.05) is 12.1 Å². The predicted molar refractivity (Wildman–Crippen MR) is 76.7 cm³/mol. The lowest BCUT2D eigenvalue weighted by molar-refractivity contribution is 0.387. The van der Waals surface area contributed by atoms with E-state index in [-0.39, 0.29) is 6.04 Å². The number of anilines is 1. The Morgan fingerprint density at radius 2 is 2.11 bits per heavy atom. The summed E-state index contributed by atoms with van der Waals surface area (Å²) in [5.41, 5.74) is 7.10. The molecule has 0 spiro atoms. The molecule has 2 rings (SSSR count). The maximum atomic E-state index is 6.03. The minimum absolute atomic E-state index is 0.240. The second-order valence-electron chi connectivity index (χ2n) is 4.48. The van der Waals surface area contributed by atoms with Gasteiger partial charge in [-0.3, -0.25) is 0 Å². The average molecular weight is 315 g/mol. The van der Waals surface area contributed by atoms with Crippen molar-refractivity contribution < 1.29 is 9.47 Å². The van der Waals surface area contributed by atoms with E-state index in [2.05, 4.69) is 20.8 Å². The Labute approximate surface area is 116 Å². The normalized spacial score (nSPS) is 19.8. The van der Waals surface area contributed by atoms with Crippen molar-refractivity contribution in [1.29, 1.82) is 0 Å². The third kappa shape index (κ3) is 2.57. The number of ether oxygens (including phenoxy) is 2. The first kappa shape index (κ1) is 13.5. The molecule has 1 aromatic rings. The number of rotatable bonds is 3. The lowest BCUT2D eigenvalue weighted by Gasteiger charge is -2.33. The van der Waals surface area contributed by atoms with Gasteiger partial charge in [0, 0.05) is 19.1 Å². The lowest BCUT2D eigenvalue weighted by atomic mass is 10.1. The lowest BCUT2D eigenvalue weighted by Crippen LogP contribution is -2.43. The number of hydrogen-bond acceptors (Lipinski definition) is 4. The van der Waals surface area contributed by atoms with Crippen LogP contribution in [-0.2, 0) is 0 Å². The largest absolute Gasteiger partial charge is 0.495 e. The zero-order valence-electron chi connectivity index (χ0n) is 10.8. The Morgan fingerprint density at radius 3 is 2.72 bits per heavy atom. The van der Waals surface area contributed by atoms with Gasteiger partial charge in [-0.25, -0.2) is 0 Å². The molecule has 0 amide bonds. The Balaban J connectivity index is 2.35. The van der Waals surface area contributed by atoms with Crippen LogP contribution in [0.1, 0.15) is 12.8 Å². The molecule has 0 aliphatic carbocycles. The number of piperidine rings is 1. The molecule has 4 nitrogen and oxygen atoms in total. The van der Waals surface area contributed by atoms with Gasteiger partial charge in [0.1, 0.15) is 10.2 Å². The summed E-state index contributed by atoms with van der Waals surface area (Å²) in [5.74, 6) is 1.58. The van der Waals surface area contributed by atoms with E-state index in [0.717, 1.165) is 47.6 Å². The quantitative estimate of drug-likeness (QED) is 0.930. The number of nitrogens with two attached hydrogens (primary N) is 1. The molecule has 2 N–H and O–H groups in total. The molecule has 0 bridgehead atoms. The highest BCUT2D eigenvalue weighted by atomic mass is 79.9. The van der Waals surface area contributed by atoms with E-state index in [4.69, 9.17) is 15.2 Å². The standard InChI is InChI=1S/C13H19BrN2O2/c1-17-11-6-5-10(13(18-2)12(11)14)16-7-3-4-9(15)8-16/h5-6,9H,3-4,7-8,15H2,1-2H3. The van der Waals surface area contributed by atoms with Crippen LogP contribution in [0, 0.1) is 0 Å². The van der Waals surface area contributed by atoms with Crippen LogP contribution in [0.5, 0.6) is 11.5 Å². The van der Waals surface area contributed by atoms with Crippen LogP contribution in [0.4, 0.5) is 5.69 Å². The monoisotopic (exact) mass is 314 g/mol. The van der Waals surface area contributed by atoms with Gasteiger partial charge in [-0.15, -0.1) is 0 Å². The highest BCUT2D eigenvalue weighted by Gasteiger charge is 2.22. The van der Waals surface area contributed by atoms with Gasteiger partial charge >= 0.3 is 0 Å². The molecule has 0 saturated carbocycles. The zero-order chi connectivity index (χ0) is 13.1. The number of benzene rings is 1. The molecule has 1 aromatic carbocycles. The molecule has 1 atom stereocenters. The minimum Gasteiger partial charge on any atom is -0.495 e. The first-order chi connectivity index (χ1) is 8.67. The van der Waals surface area contributed by atoms with Crippen LogP contribution < -0.4 is 20.1 Å². The smallest absolute Gasteiger partial charge is 0.160 e. The van der Waals surface area contributed by atoms with Crippen molar-refractivity contribution in [3.63, 3.8) is 0 Å². The van der Waals surface area contributed by atoms with Crippen LogP contribution in [0.2, 0.25) is 0 Å². The molecule has 5 heteroatoms. The SMILES string of the molecule is COc1ccc(N2CCCC(N)C2)c(OC)c1Br. The first-order valence-corrected chi connectivity index (χ1v) is 6.87. The van der Waals surface area contributed by atoms with Gasteiger partial charge in [0.15, 0.2) is 5.75 Å². The fourth-order valence-corrected chi connectivity index (χ4v) is 3.02. The highest BCUT2D eigenvalue weighted by molar-refractivity contribution is 9.10. The molecule has 100 valence electrons. The van der Waals surface area contributed by atoms with Crippen molar-refractivity contribution in [2.24, 2.45) is 5.73 Å². The van der Waals surface area contributed by atoms with Crippen LogP contribution in [0.3, 0.4) is 0 Å². The molecule has 1 aliphatic rings. The first-order valence-electron chi connectivity index (χ1n) is 6.08. The Bertz CT molecular complexity index is 426. The Morgan fingerprint density at radius 1 is 1.33 bits per heavy atom. The predicted octanol–water partition coefficient (Wildman–Crippen LogP) is 2.39. The summed E-state index contributed by atoms with van der Waals surface area (Å²) in [7, 11) is 3.32. The van der Waals surface area contributed by atoms with Gasteiger partial charge in [-0.05, 0) is 40.9 Å². The van der Waals surface area contributed by atoms with Crippen molar-refractivity contribution in [2.75, 3.05) is 32.2 Å². The summed E-state index contributed by atoms with van der Waals surface area (Å²) >= 11 is 3.53. The fraction of sp³-hybridized carbons (Fsp3) is 0.538. The number of methoxy groups -OCH3 is 2. The van der Waals surface area contributed by atoms with Crippen LogP contribution in [0.15, 0.2) is 16.6 Å². The summed E-state index contributed by atoms with van der Waals surface area (Å²) in [5, 5.41) is 0. The molecule has 1 saturated heterocycles. The summed E-state index contributed by atoms with van der Waals surface area (Å²) in [6, 6.07) is 4.21. The molecule has 1 aliphatic heterocycles. The molecule has 1 fully saturated rings. The van der Waals surface area contributed by atoms with E-state index >= 15 is 0 Å². The van der Waals surface area contributed by atoms with Crippen molar-refractivity contribution in [1.82, 2.24) is 0 Å². The Hall–Kier alpha value is -0.940. The van der Waals surface area contributed by atoms with Crippen molar-refractivity contribution in [2.45, 2.75) is 18.9 Å². The maximum Gasteiger partial charge on any atom is 0.160 e. The van der Waals surface area contributed by atoms with Crippen molar-refractivity contribution in [3.8, 4) is 11.5 Å². The number of hydrogen-bond donors (Lipinski definition) is 1. The summed E-state index contributed by atoms with van der Waals surface area (Å²) in [6.45, 7) is 1.89. The van der Waals surface area contributed by atoms with E-state index in [1.165, 1.54) is 0 Å². The summed E-state index contributed by atoms with van der Waals surface area (Å²) in [4.78, 5) is 2.28. The second-order valence-corrected chi connectivity index (χ2v) is 5.28. The average Bonchev–Trinajstić information content (AvgIpc) is 2.38. The van der Waals surface area contributed by atoms with Gasteiger partial charge in [-0.1, -0.05) is 0 Å². The second kappa shape index (κ2) is 5.80. The molecular formula is C13H19BrN2O2. The van der Waals surface area contributed by atoms with Gasteiger partial charge in [0.2, 0.25) is 0 Å². The summed E-state index contributed by atoms with van der Waals surface area (Å²) in [6.07, 6.45) is 2.21. The van der Waals surface area contributed by atoms with E-state index < -0.39 is 0 Å². The van der Waals surface area contributed by atoms with Crippen LogP contribution in [0.25, 0.3) is 0 Å². The molecule has 0 radical (unpaired) electrons. The van der Waals surface area contributed by atoms with Crippen molar-refractivity contribution in [3.05, 3.63) is 16.6 Å². The molecule has 1 heterocycles. The number of halogens is 1. The highest BCUT2D eigenvalue weighted by Crippen LogP contribution is 2.42. The van der Waals surface area contributed by atoms with Crippen LogP contribution >= 0.6 is 15.9 Å². The zero-order valence-corrected chi connectivity index (χ0v) is 12.4. The topological polar surface area (TPSA) is 47.7 Å². The molecule has 1 unspecified atom stereocenters. The summed E-state index contributed by atoms with van der Waals surface area (Å²) < 4.78 is 11.6. The third-order valence-electron chi connectivity index (χ3n) is 3.26. The van der Waals surface area contributed by atoms with Crippen molar-refractivity contribution >= 4 is 21.6 Å². The molecule has 18 heavy (non-hydrogen) atoms. The minimum atomic E-state index is 0.240. The van der Waals surface area contributed by atoms with Gasteiger partial charge in [0.05, 0.1) is 19.9 Å². The van der Waals surface area contributed by atoms with Crippen LogP contribution in [-0.4, -0.2) is 33.4 Å². The Kier molecular flexibility index (Phi) is 4.35. The number of nitrogens with zero attached hydrogens (tertiary/aromatic N) is 1. The van der Waals surface area contributed by atoms with Gasteiger partial charge in [-0.2, -0.15) is 0 Å². The van der Waals surface area contributed by atoms with E-state index in [1.54, 1.807) is 14.2 Å². The molecule has 0 aromatic heterocycles. The van der Waals surface area contributed by atoms with Gasteiger partial charge in [0.25, 0.3) is 0 Å².